The predicted molar refractivity (Wildman–Crippen MR) is 96.0 cm³/mol. The van der Waals surface area contributed by atoms with Crippen molar-refractivity contribution in [2.24, 2.45) is 0 Å². The number of carbonyl (C=O) groups is 2. The second kappa shape index (κ2) is 7.82. The number of anilines is 1. The van der Waals surface area contributed by atoms with Gasteiger partial charge in [-0.1, -0.05) is 0 Å². The molecule has 2 rings (SSSR count). The van der Waals surface area contributed by atoms with Crippen LogP contribution in [0.1, 0.15) is 23.0 Å². The van der Waals surface area contributed by atoms with Crippen molar-refractivity contribution in [3.8, 4) is 0 Å². The van der Waals surface area contributed by atoms with Gasteiger partial charge in [0.15, 0.2) is 15.4 Å². The van der Waals surface area contributed by atoms with E-state index in [9.17, 15) is 23.1 Å². The van der Waals surface area contributed by atoms with Crippen molar-refractivity contribution in [2.45, 2.75) is 24.3 Å². The number of aromatic nitrogens is 1. The number of sulfone groups is 1. The molecule has 0 saturated heterocycles. The summed E-state index contributed by atoms with van der Waals surface area (Å²) in [5, 5.41) is 21.1. The van der Waals surface area contributed by atoms with Crippen LogP contribution in [-0.2, 0) is 14.6 Å². The summed E-state index contributed by atoms with van der Waals surface area (Å²) in [7, 11) is -4.02. The lowest BCUT2D eigenvalue weighted by atomic mass is 10.1. The van der Waals surface area contributed by atoms with Gasteiger partial charge in [0.2, 0.25) is 0 Å². The highest BCUT2D eigenvalue weighted by molar-refractivity contribution is 7.91. The number of hydroxylamine groups is 1. The van der Waals surface area contributed by atoms with E-state index in [1.165, 1.54) is 35.9 Å². The Labute approximate surface area is 155 Å². The van der Waals surface area contributed by atoms with Gasteiger partial charge in [-0.15, -0.1) is 0 Å². The van der Waals surface area contributed by atoms with Crippen molar-refractivity contribution < 1.29 is 28.3 Å². The molecule has 4 N–H and O–H groups in total. The summed E-state index contributed by atoms with van der Waals surface area (Å²) in [6.07, 6.45) is 1.43. The van der Waals surface area contributed by atoms with Crippen molar-refractivity contribution >= 4 is 27.3 Å². The normalized spacial score (nSPS) is 13.5. The van der Waals surface area contributed by atoms with Crippen LogP contribution in [0, 0.1) is 6.92 Å². The second-order valence-electron chi connectivity index (χ2n) is 6.14. The molecular formula is C17H19N3O6S. The van der Waals surface area contributed by atoms with Gasteiger partial charge in [-0.25, -0.2) is 13.9 Å². The zero-order chi connectivity index (χ0) is 20.2. The van der Waals surface area contributed by atoms with Crippen LogP contribution in [0.3, 0.4) is 0 Å². The summed E-state index contributed by atoms with van der Waals surface area (Å²) < 4.78 is 24.7. The molecule has 0 fully saturated rings. The topological polar surface area (TPSA) is 146 Å². The highest BCUT2D eigenvalue weighted by Crippen LogP contribution is 2.20. The third-order valence-electron chi connectivity index (χ3n) is 3.71. The van der Waals surface area contributed by atoms with Crippen LogP contribution < -0.4 is 10.8 Å². The monoisotopic (exact) mass is 393 g/mol. The first-order valence-corrected chi connectivity index (χ1v) is 9.44. The highest BCUT2D eigenvalue weighted by atomic mass is 32.2. The molecule has 1 aromatic heterocycles. The van der Waals surface area contributed by atoms with Gasteiger partial charge in [-0.05, 0) is 50.2 Å². The molecule has 1 unspecified atom stereocenters. The SMILES string of the molecule is Cc1ccc(C(=O)Nc2ccc(S(=O)(=O)CC(C)(O)C(=O)NO)cc2)cn1. The van der Waals surface area contributed by atoms with Gasteiger partial charge in [0, 0.05) is 17.6 Å². The van der Waals surface area contributed by atoms with Crippen LogP contribution >= 0.6 is 0 Å². The van der Waals surface area contributed by atoms with Crippen molar-refractivity contribution in [3.63, 3.8) is 0 Å². The molecule has 0 bridgehead atoms. The van der Waals surface area contributed by atoms with Crippen LogP contribution in [0.4, 0.5) is 5.69 Å². The molecule has 1 heterocycles. The number of amides is 2. The van der Waals surface area contributed by atoms with E-state index in [2.05, 4.69) is 10.3 Å². The summed E-state index contributed by atoms with van der Waals surface area (Å²) in [6, 6.07) is 8.56. The van der Waals surface area contributed by atoms with E-state index in [1.807, 2.05) is 0 Å². The number of carbonyl (C=O) groups excluding carboxylic acids is 2. The van der Waals surface area contributed by atoms with Crippen LogP contribution in [0.15, 0.2) is 47.5 Å². The lowest BCUT2D eigenvalue weighted by Crippen LogP contribution is -2.48. The maximum Gasteiger partial charge on any atom is 0.276 e. The second-order valence-corrected chi connectivity index (χ2v) is 8.13. The molecule has 1 atom stereocenters. The summed E-state index contributed by atoms with van der Waals surface area (Å²) in [5.41, 5.74) is 0.398. The molecule has 0 aliphatic heterocycles. The zero-order valence-electron chi connectivity index (χ0n) is 14.6. The largest absolute Gasteiger partial charge is 0.379 e. The van der Waals surface area contributed by atoms with Gasteiger partial charge >= 0.3 is 0 Å². The summed E-state index contributed by atoms with van der Waals surface area (Å²) >= 11 is 0. The quantitative estimate of drug-likeness (QED) is 0.417. The molecule has 144 valence electrons. The zero-order valence-corrected chi connectivity index (χ0v) is 15.4. The fourth-order valence-corrected chi connectivity index (χ4v) is 3.78. The Bertz CT molecular complexity index is 938. The first kappa shape index (κ1) is 20.5. The molecule has 0 radical (unpaired) electrons. The number of pyridine rings is 1. The Hall–Kier alpha value is -2.82. The van der Waals surface area contributed by atoms with Crippen LogP contribution in [0.2, 0.25) is 0 Å². The van der Waals surface area contributed by atoms with Gasteiger partial charge in [-0.2, -0.15) is 0 Å². The van der Waals surface area contributed by atoms with Gasteiger partial charge in [0.05, 0.1) is 16.2 Å². The number of hydrogen-bond donors (Lipinski definition) is 4. The lowest BCUT2D eigenvalue weighted by molar-refractivity contribution is -0.144. The minimum Gasteiger partial charge on any atom is -0.379 e. The molecule has 2 aromatic rings. The summed E-state index contributed by atoms with van der Waals surface area (Å²) in [4.78, 5) is 27.4. The molecule has 9 nitrogen and oxygen atoms in total. The number of nitrogens with zero attached hydrogens (tertiary/aromatic N) is 1. The van der Waals surface area contributed by atoms with Gasteiger partial charge in [0.1, 0.15) is 0 Å². The van der Waals surface area contributed by atoms with E-state index in [0.29, 0.717) is 11.3 Å². The summed E-state index contributed by atoms with van der Waals surface area (Å²) in [5.74, 6) is -2.56. The number of aryl methyl sites for hydroxylation is 1. The number of aliphatic hydroxyl groups is 1. The average Bonchev–Trinajstić information content (AvgIpc) is 2.61. The van der Waals surface area contributed by atoms with E-state index in [0.717, 1.165) is 12.6 Å². The lowest BCUT2D eigenvalue weighted by Gasteiger charge is -2.20. The minimum atomic E-state index is -4.02. The van der Waals surface area contributed by atoms with Gasteiger partial charge in [0.25, 0.3) is 11.8 Å². The molecule has 0 saturated carbocycles. The number of benzene rings is 1. The van der Waals surface area contributed by atoms with E-state index in [-0.39, 0.29) is 4.90 Å². The fraction of sp³-hybridized carbons (Fsp3) is 0.235. The first-order chi connectivity index (χ1) is 12.5. The van der Waals surface area contributed by atoms with Gasteiger partial charge in [-0.3, -0.25) is 19.8 Å². The maximum absolute atomic E-state index is 12.3. The third kappa shape index (κ3) is 5.09. The predicted octanol–water partition coefficient (Wildman–Crippen LogP) is 0.672. The molecule has 0 spiro atoms. The van der Waals surface area contributed by atoms with Crippen molar-refractivity contribution in [3.05, 3.63) is 53.9 Å². The molecular weight excluding hydrogens is 374 g/mol. The van der Waals surface area contributed by atoms with E-state index in [4.69, 9.17) is 5.21 Å². The molecule has 27 heavy (non-hydrogen) atoms. The smallest absolute Gasteiger partial charge is 0.276 e. The minimum absolute atomic E-state index is 0.150. The van der Waals surface area contributed by atoms with E-state index in [1.54, 1.807) is 19.1 Å². The molecule has 2 amide bonds. The van der Waals surface area contributed by atoms with E-state index >= 15 is 0 Å². The highest BCUT2D eigenvalue weighted by Gasteiger charge is 2.36. The van der Waals surface area contributed by atoms with E-state index < -0.39 is 33.0 Å². The summed E-state index contributed by atoms with van der Waals surface area (Å²) in [6.45, 7) is 2.77. The Morgan fingerprint density at radius 3 is 2.30 bits per heavy atom. The molecule has 0 aliphatic carbocycles. The van der Waals surface area contributed by atoms with Crippen LogP contribution in [0.25, 0.3) is 0 Å². The number of hydrogen-bond acceptors (Lipinski definition) is 7. The molecule has 0 aliphatic rings. The fourth-order valence-electron chi connectivity index (χ4n) is 2.19. The van der Waals surface area contributed by atoms with Crippen molar-refractivity contribution in [1.29, 1.82) is 0 Å². The van der Waals surface area contributed by atoms with Crippen LogP contribution in [-0.4, -0.2) is 46.9 Å². The van der Waals surface area contributed by atoms with Gasteiger partial charge < -0.3 is 10.4 Å². The number of nitrogens with one attached hydrogen (secondary N) is 2. The Balaban J connectivity index is 2.13. The first-order valence-electron chi connectivity index (χ1n) is 7.79. The standard InChI is InChI=1S/C17H19N3O6S/c1-11-3-4-12(9-18-11)15(21)19-13-5-7-14(8-6-13)27(25,26)10-17(2,23)16(22)20-24/h3-9,23-24H,10H2,1-2H3,(H,19,21)(H,20,22). The average molecular weight is 393 g/mol. The Morgan fingerprint density at radius 1 is 1.15 bits per heavy atom. The molecule has 10 heteroatoms. The number of rotatable bonds is 6. The van der Waals surface area contributed by atoms with Crippen LogP contribution in [0.5, 0.6) is 0 Å². The Morgan fingerprint density at radius 2 is 1.78 bits per heavy atom. The Kier molecular flexibility index (Phi) is 5.94. The third-order valence-corrected chi connectivity index (χ3v) is 5.64. The maximum atomic E-state index is 12.3. The van der Waals surface area contributed by atoms with Crippen molar-refractivity contribution in [2.75, 3.05) is 11.1 Å². The molecule has 1 aromatic carbocycles. The van der Waals surface area contributed by atoms with Crippen molar-refractivity contribution in [1.82, 2.24) is 10.5 Å².